The molecule has 0 aliphatic carbocycles. The minimum Gasteiger partial charge on any atom is -0.341 e. The standard InChI is InChI=1S/C23H36N4O2/c1-17-5-7-21(8-6-17)24-22(28)16-25-9-11-26(12-10-25)20(4)23(29)27-14-18(2)13-19(3)15-27/h5-8,18-20H,9-16H2,1-4H3,(H,24,28)/t18-,19-,20-/m1/s1. The number of piperidine rings is 1. The summed E-state index contributed by atoms with van der Waals surface area (Å²) in [4.78, 5) is 31.8. The summed E-state index contributed by atoms with van der Waals surface area (Å²) in [7, 11) is 0. The maximum atomic E-state index is 13.0. The van der Waals surface area contributed by atoms with E-state index < -0.39 is 0 Å². The van der Waals surface area contributed by atoms with Gasteiger partial charge in [-0.2, -0.15) is 0 Å². The molecule has 2 amide bonds. The molecule has 3 rings (SSSR count). The van der Waals surface area contributed by atoms with E-state index in [0.29, 0.717) is 18.4 Å². The van der Waals surface area contributed by atoms with Gasteiger partial charge in [-0.25, -0.2) is 0 Å². The third-order valence-corrected chi connectivity index (χ3v) is 6.20. The van der Waals surface area contributed by atoms with Gasteiger partial charge in [0.1, 0.15) is 0 Å². The molecule has 29 heavy (non-hydrogen) atoms. The van der Waals surface area contributed by atoms with Crippen molar-refractivity contribution in [2.45, 2.75) is 40.2 Å². The molecule has 160 valence electrons. The van der Waals surface area contributed by atoms with Crippen LogP contribution in [0.1, 0.15) is 32.8 Å². The first-order chi connectivity index (χ1) is 13.8. The molecular formula is C23H36N4O2. The van der Waals surface area contributed by atoms with Crippen LogP contribution in [0.3, 0.4) is 0 Å². The smallest absolute Gasteiger partial charge is 0.239 e. The molecule has 0 radical (unpaired) electrons. The lowest BCUT2D eigenvalue weighted by Crippen LogP contribution is -2.56. The van der Waals surface area contributed by atoms with Crippen molar-refractivity contribution in [2.24, 2.45) is 11.8 Å². The molecule has 0 aromatic heterocycles. The maximum absolute atomic E-state index is 13.0. The van der Waals surface area contributed by atoms with Gasteiger partial charge in [-0.05, 0) is 44.2 Å². The van der Waals surface area contributed by atoms with Crippen LogP contribution in [-0.4, -0.2) is 78.4 Å². The van der Waals surface area contributed by atoms with Gasteiger partial charge in [-0.3, -0.25) is 19.4 Å². The Labute approximate surface area is 175 Å². The molecule has 6 nitrogen and oxygen atoms in total. The average molecular weight is 401 g/mol. The van der Waals surface area contributed by atoms with Crippen molar-refractivity contribution in [3.63, 3.8) is 0 Å². The molecule has 2 aliphatic heterocycles. The Kier molecular flexibility index (Phi) is 7.30. The number of nitrogens with zero attached hydrogens (tertiary/aromatic N) is 3. The molecule has 6 heteroatoms. The fourth-order valence-electron chi connectivity index (χ4n) is 4.61. The zero-order valence-corrected chi connectivity index (χ0v) is 18.4. The first-order valence-electron chi connectivity index (χ1n) is 10.9. The molecule has 0 saturated carbocycles. The molecule has 3 atom stereocenters. The molecule has 2 saturated heterocycles. The van der Waals surface area contributed by atoms with Crippen molar-refractivity contribution in [2.75, 3.05) is 51.1 Å². The van der Waals surface area contributed by atoms with Crippen LogP contribution in [0.2, 0.25) is 0 Å². The summed E-state index contributed by atoms with van der Waals surface area (Å²) >= 11 is 0. The topological polar surface area (TPSA) is 55.9 Å². The van der Waals surface area contributed by atoms with Crippen molar-refractivity contribution < 1.29 is 9.59 Å². The number of nitrogens with one attached hydrogen (secondary N) is 1. The summed E-state index contributed by atoms with van der Waals surface area (Å²) in [6, 6.07) is 7.77. The number of rotatable bonds is 5. The summed E-state index contributed by atoms with van der Waals surface area (Å²) in [5, 5.41) is 2.96. The first kappa shape index (κ1) is 21.8. The Morgan fingerprint density at radius 2 is 1.62 bits per heavy atom. The van der Waals surface area contributed by atoms with Crippen LogP contribution in [0.15, 0.2) is 24.3 Å². The molecule has 2 aliphatic rings. The van der Waals surface area contributed by atoms with Crippen LogP contribution in [0, 0.1) is 18.8 Å². The van der Waals surface area contributed by atoms with Crippen LogP contribution in [-0.2, 0) is 9.59 Å². The predicted molar refractivity (Wildman–Crippen MR) is 117 cm³/mol. The molecule has 0 bridgehead atoms. The van der Waals surface area contributed by atoms with E-state index in [9.17, 15) is 9.59 Å². The molecular weight excluding hydrogens is 364 g/mol. The Morgan fingerprint density at radius 1 is 1.03 bits per heavy atom. The Bertz CT molecular complexity index is 687. The van der Waals surface area contributed by atoms with Gasteiger partial charge in [0, 0.05) is 45.0 Å². The van der Waals surface area contributed by atoms with Gasteiger partial charge < -0.3 is 10.2 Å². The van der Waals surface area contributed by atoms with Crippen LogP contribution >= 0.6 is 0 Å². The van der Waals surface area contributed by atoms with E-state index in [1.54, 1.807) is 0 Å². The van der Waals surface area contributed by atoms with Crippen molar-refractivity contribution in [1.82, 2.24) is 14.7 Å². The second-order valence-corrected chi connectivity index (χ2v) is 9.09. The van der Waals surface area contributed by atoms with Gasteiger partial charge in [-0.15, -0.1) is 0 Å². The predicted octanol–water partition coefficient (Wildman–Crippen LogP) is 2.44. The van der Waals surface area contributed by atoms with Crippen molar-refractivity contribution in [3.8, 4) is 0 Å². The van der Waals surface area contributed by atoms with Gasteiger partial charge in [0.2, 0.25) is 11.8 Å². The molecule has 1 aromatic carbocycles. The Morgan fingerprint density at radius 3 is 2.21 bits per heavy atom. The molecule has 1 aromatic rings. The number of anilines is 1. The number of likely N-dealkylation sites (tertiary alicyclic amines) is 1. The van der Waals surface area contributed by atoms with Crippen LogP contribution in [0.4, 0.5) is 5.69 Å². The van der Waals surface area contributed by atoms with Gasteiger partial charge >= 0.3 is 0 Å². The van der Waals surface area contributed by atoms with E-state index >= 15 is 0 Å². The monoisotopic (exact) mass is 400 g/mol. The lowest BCUT2D eigenvalue weighted by molar-refractivity contribution is -0.140. The Hall–Kier alpha value is -1.92. The SMILES string of the molecule is Cc1ccc(NC(=O)CN2CCN([C@H](C)C(=O)N3C[C@H](C)C[C@@H](C)C3)CC2)cc1. The fourth-order valence-corrected chi connectivity index (χ4v) is 4.61. The summed E-state index contributed by atoms with van der Waals surface area (Å²) in [6.07, 6.45) is 1.21. The van der Waals surface area contributed by atoms with E-state index in [1.165, 1.54) is 12.0 Å². The van der Waals surface area contributed by atoms with E-state index in [1.807, 2.05) is 38.1 Å². The van der Waals surface area contributed by atoms with E-state index in [2.05, 4.69) is 33.9 Å². The summed E-state index contributed by atoms with van der Waals surface area (Å²) < 4.78 is 0. The van der Waals surface area contributed by atoms with Gasteiger partial charge in [0.15, 0.2) is 0 Å². The second kappa shape index (κ2) is 9.72. The lowest BCUT2D eigenvalue weighted by atomic mass is 9.91. The number of aryl methyl sites for hydroxylation is 1. The number of hydrogen-bond acceptors (Lipinski definition) is 4. The number of carbonyl (C=O) groups excluding carboxylic acids is 2. The first-order valence-corrected chi connectivity index (χ1v) is 10.9. The van der Waals surface area contributed by atoms with Crippen LogP contribution in [0.5, 0.6) is 0 Å². The minimum atomic E-state index is -0.0870. The van der Waals surface area contributed by atoms with Crippen molar-refractivity contribution >= 4 is 17.5 Å². The highest BCUT2D eigenvalue weighted by Gasteiger charge is 2.32. The number of piperazine rings is 1. The zero-order valence-electron chi connectivity index (χ0n) is 18.4. The van der Waals surface area contributed by atoms with E-state index in [0.717, 1.165) is 45.0 Å². The molecule has 0 unspecified atom stereocenters. The average Bonchev–Trinajstić information content (AvgIpc) is 2.68. The van der Waals surface area contributed by atoms with Gasteiger partial charge in [0.05, 0.1) is 12.6 Å². The summed E-state index contributed by atoms with van der Waals surface area (Å²) in [5.74, 6) is 1.44. The van der Waals surface area contributed by atoms with Crippen molar-refractivity contribution in [3.05, 3.63) is 29.8 Å². The number of carbonyl (C=O) groups is 2. The molecule has 2 heterocycles. The largest absolute Gasteiger partial charge is 0.341 e. The third kappa shape index (κ3) is 6.03. The lowest BCUT2D eigenvalue weighted by Gasteiger charge is -2.41. The third-order valence-electron chi connectivity index (χ3n) is 6.20. The highest BCUT2D eigenvalue weighted by molar-refractivity contribution is 5.92. The van der Waals surface area contributed by atoms with Crippen LogP contribution in [0.25, 0.3) is 0 Å². The number of amides is 2. The molecule has 2 fully saturated rings. The highest BCUT2D eigenvalue weighted by Crippen LogP contribution is 2.22. The quantitative estimate of drug-likeness (QED) is 0.825. The van der Waals surface area contributed by atoms with Crippen LogP contribution < -0.4 is 5.32 Å². The summed E-state index contributed by atoms with van der Waals surface area (Å²) in [6.45, 7) is 14.0. The number of benzene rings is 1. The summed E-state index contributed by atoms with van der Waals surface area (Å²) in [5.41, 5.74) is 2.01. The fraction of sp³-hybridized carbons (Fsp3) is 0.652. The zero-order chi connectivity index (χ0) is 21.0. The second-order valence-electron chi connectivity index (χ2n) is 9.09. The maximum Gasteiger partial charge on any atom is 0.239 e. The molecule has 1 N–H and O–H groups in total. The molecule has 0 spiro atoms. The minimum absolute atomic E-state index is 0.0164. The Balaban J connectivity index is 1.44. The normalized spacial score (nSPS) is 24.9. The van der Waals surface area contributed by atoms with E-state index in [-0.39, 0.29) is 17.9 Å². The van der Waals surface area contributed by atoms with E-state index in [4.69, 9.17) is 0 Å². The van der Waals surface area contributed by atoms with Crippen molar-refractivity contribution in [1.29, 1.82) is 0 Å². The van der Waals surface area contributed by atoms with Gasteiger partial charge in [-0.1, -0.05) is 31.5 Å². The number of hydrogen-bond donors (Lipinski definition) is 1. The highest BCUT2D eigenvalue weighted by atomic mass is 16.2. The van der Waals surface area contributed by atoms with Gasteiger partial charge in [0.25, 0.3) is 0 Å².